The Bertz CT molecular complexity index is 294. The fourth-order valence-electron chi connectivity index (χ4n) is 0.740. The lowest BCUT2D eigenvalue weighted by Gasteiger charge is -2.01. The van der Waals surface area contributed by atoms with Crippen LogP contribution in [0.1, 0.15) is 6.42 Å². The third kappa shape index (κ3) is 2.57. The van der Waals surface area contributed by atoms with Crippen LogP contribution >= 0.6 is 45.2 Å². The van der Waals surface area contributed by atoms with Gasteiger partial charge in [-0.1, -0.05) is 0 Å². The Kier molecular flexibility index (Phi) is 3.75. The topological polar surface area (TPSA) is 67.7 Å². The van der Waals surface area contributed by atoms with E-state index in [0.717, 1.165) is 13.9 Å². The lowest BCUT2D eigenvalue weighted by molar-refractivity contribution is 0.704. The van der Waals surface area contributed by atoms with Crippen LogP contribution < -0.4 is 5.73 Å². The van der Waals surface area contributed by atoms with Gasteiger partial charge < -0.3 is 10.3 Å². The molecule has 12 heavy (non-hydrogen) atoms. The summed E-state index contributed by atoms with van der Waals surface area (Å²) in [6.45, 7) is 0.740. The van der Waals surface area contributed by atoms with Crippen LogP contribution in [0.25, 0.3) is 0 Å². The largest absolute Gasteiger partial charge is 0.388 e. The van der Waals surface area contributed by atoms with Crippen LogP contribution in [0.5, 0.6) is 0 Å². The highest BCUT2D eigenvalue weighted by molar-refractivity contribution is 14.1. The molecule has 0 aliphatic heterocycles. The van der Waals surface area contributed by atoms with Crippen LogP contribution in [-0.4, -0.2) is 15.4 Å². The van der Waals surface area contributed by atoms with Crippen molar-refractivity contribution in [1.29, 1.82) is 5.41 Å². The summed E-state index contributed by atoms with van der Waals surface area (Å²) >= 11 is 4.41. The molecule has 0 unspecified atom stereocenters. The zero-order chi connectivity index (χ0) is 9.14. The fraction of sp³-hybridized carbons (Fsp3) is 0.333. The Morgan fingerprint density at radius 2 is 2.33 bits per heavy atom. The van der Waals surface area contributed by atoms with Crippen molar-refractivity contribution >= 4 is 51.0 Å². The Hall–Kier alpha value is 0.140. The molecule has 0 saturated carbocycles. The molecule has 0 fully saturated rings. The van der Waals surface area contributed by atoms with E-state index in [0.29, 0.717) is 6.42 Å². The van der Waals surface area contributed by atoms with Gasteiger partial charge in [0.2, 0.25) is 0 Å². The van der Waals surface area contributed by atoms with Gasteiger partial charge in [0.05, 0.1) is 12.2 Å². The number of nitrogens with two attached hydrogens (primary N) is 1. The summed E-state index contributed by atoms with van der Waals surface area (Å²) in [4.78, 5) is 4.12. The molecule has 0 spiro atoms. The molecule has 3 N–H and O–H groups in total. The van der Waals surface area contributed by atoms with Gasteiger partial charge in [-0.05, 0) is 45.2 Å². The highest BCUT2D eigenvalue weighted by Gasteiger charge is 2.04. The quantitative estimate of drug-likeness (QED) is 0.466. The molecule has 0 atom stereocenters. The average Bonchev–Trinajstić information content (AvgIpc) is 2.30. The number of aryl methyl sites for hydroxylation is 1. The van der Waals surface area contributed by atoms with Gasteiger partial charge in [-0.2, -0.15) is 0 Å². The molecule has 0 amide bonds. The van der Waals surface area contributed by atoms with Crippen molar-refractivity contribution in [2.45, 2.75) is 13.0 Å². The summed E-state index contributed by atoms with van der Waals surface area (Å²) in [5.41, 5.74) is 5.24. The second-order valence-corrected chi connectivity index (χ2v) is 4.34. The average molecular weight is 390 g/mol. The highest BCUT2D eigenvalue weighted by atomic mass is 127. The van der Waals surface area contributed by atoms with Crippen molar-refractivity contribution < 1.29 is 0 Å². The van der Waals surface area contributed by atoms with Crippen LogP contribution in [0.15, 0.2) is 6.33 Å². The van der Waals surface area contributed by atoms with Gasteiger partial charge in [0.25, 0.3) is 0 Å². The van der Waals surface area contributed by atoms with Gasteiger partial charge in [0.1, 0.15) is 7.40 Å². The lowest BCUT2D eigenvalue weighted by atomic mass is 10.4. The van der Waals surface area contributed by atoms with Crippen LogP contribution in [0.2, 0.25) is 0 Å². The third-order valence-electron chi connectivity index (χ3n) is 1.35. The van der Waals surface area contributed by atoms with Gasteiger partial charge in [0, 0.05) is 13.0 Å². The maximum Gasteiger partial charge on any atom is 0.132 e. The summed E-state index contributed by atoms with van der Waals surface area (Å²) in [5.74, 6) is 0.217. The van der Waals surface area contributed by atoms with E-state index in [1.165, 1.54) is 0 Å². The van der Waals surface area contributed by atoms with E-state index in [9.17, 15) is 0 Å². The maximum absolute atomic E-state index is 7.06. The minimum atomic E-state index is 0.217. The third-order valence-corrected chi connectivity index (χ3v) is 4.31. The van der Waals surface area contributed by atoms with Crippen LogP contribution in [0.3, 0.4) is 0 Å². The Morgan fingerprint density at radius 3 is 2.75 bits per heavy atom. The molecule has 4 nitrogen and oxygen atoms in total. The maximum atomic E-state index is 7.06. The molecule has 0 aliphatic carbocycles. The first-order chi connectivity index (χ1) is 5.61. The molecular weight excluding hydrogens is 382 g/mol. The highest BCUT2D eigenvalue weighted by Crippen LogP contribution is 2.12. The first-order valence-electron chi connectivity index (χ1n) is 3.30. The van der Waals surface area contributed by atoms with Gasteiger partial charge in [-0.3, -0.25) is 5.41 Å². The Labute approximate surface area is 97.7 Å². The number of aromatic nitrogens is 2. The summed E-state index contributed by atoms with van der Waals surface area (Å²) in [5, 5.41) is 7.06. The molecule has 0 bridgehead atoms. The van der Waals surface area contributed by atoms with E-state index < -0.39 is 0 Å². The predicted octanol–water partition coefficient (Wildman–Crippen LogP) is 1.42. The number of rotatable bonds is 3. The van der Waals surface area contributed by atoms with E-state index in [4.69, 9.17) is 11.1 Å². The molecular formula is C6H8I2N4. The van der Waals surface area contributed by atoms with E-state index in [1.54, 1.807) is 6.33 Å². The van der Waals surface area contributed by atoms with Crippen molar-refractivity contribution in [3.05, 3.63) is 13.7 Å². The van der Waals surface area contributed by atoms with E-state index >= 15 is 0 Å². The second kappa shape index (κ2) is 4.40. The van der Waals surface area contributed by atoms with E-state index in [1.807, 2.05) is 4.57 Å². The SMILES string of the molecule is N=C(N)CCn1cnc(I)c1I. The minimum absolute atomic E-state index is 0.217. The second-order valence-electron chi connectivity index (χ2n) is 2.29. The summed E-state index contributed by atoms with van der Waals surface area (Å²) in [6.07, 6.45) is 2.36. The summed E-state index contributed by atoms with van der Waals surface area (Å²) in [7, 11) is 0. The number of nitrogens with one attached hydrogen (secondary N) is 1. The van der Waals surface area contributed by atoms with Crippen molar-refractivity contribution in [3.63, 3.8) is 0 Å². The lowest BCUT2D eigenvalue weighted by Crippen LogP contribution is -2.13. The first kappa shape index (κ1) is 10.2. The molecule has 0 saturated heterocycles. The number of imidazole rings is 1. The van der Waals surface area contributed by atoms with E-state index in [-0.39, 0.29) is 5.84 Å². The molecule has 1 aromatic heterocycles. The summed E-state index contributed by atoms with van der Waals surface area (Å²) < 4.78 is 4.09. The fourth-order valence-corrected chi connectivity index (χ4v) is 1.68. The standard InChI is InChI=1S/C6H8I2N4/c7-5-6(8)12(3-11-5)2-1-4(9)10/h3H,1-2H2,(H3,9,10). The van der Waals surface area contributed by atoms with Crippen molar-refractivity contribution in [3.8, 4) is 0 Å². The Morgan fingerprint density at radius 1 is 1.67 bits per heavy atom. The molecule has 66 valence electrons. The molecule has 0 aromatic carbocycles. The molecule has 0 radical (unpaired) electrons. The number of amidine groups is 1. The molecule has 0 aliphatic rings. The van der Waals surface area contributed by atoms with Gasteiger partial charge in [0.15, 0.2) is 0 Å². The van der Waals surface area contributed by atoms with Crippen molar-refractivity contribution in [2.24, 2.45) is 5.73 Å². The normalized spacial score (nSPS) is 10.2. The summed E-state index contributed by atoms with van der Waals surface area (Å²) in [6, 6.07) is 0. The van der Waals surface area contributed by atoms with E-state index in [2.05, 4.69) is 50.2 Å². The zero-order valence-electron chi connectivity index (χ0n) is 6.22. The van der Waals surface area contributed by atoms with Gasteiger partial charge in [-0.25, -0.2) is 4.98 Å². The number of hydrogen-bond acceptors (Lipinski definition) is 2. The molecule has 1 heterocycles. The van der Waals surface area contributed by atoms with Gasteiger partial charge in [-0.15, -0.1) is 0 Å². The van der Waals surface area contributed by atoms with Crippen LogP contribution in [-0.2, 0) is 6.54 Å². The molecule has 6 heteroatoms. The zero-order valence-corrected chi connectivity index (χ0v) is 10.5. The predicted molar refractivity (Wildman–Crippen MR) is 64.2 cm³/mol. The van der Waals surface area contributed by atoms with Crippen LogP contribution in [0.4, 0.5) is 0 Å². The monoisotopic (exact) mass is 390 g/mol. The van der Waals surface area contributed by atoms with Crippen molar-refractivity contribution in [2.75, 3.05) is 0 Å². The van der Waals surface area contributed by atoms with Crippen molar-refractivity contribution in [1.82, 2.24) is 9.55 Å². The van der Waals surface area contributed by atoms with Crippen LogP contribution in [0, 0.1) is 12.8 Å². The number of nitrogens with zero attached hydrogens (tertiary/aromatic N) is 2. The number of halogens is 2. The molecule has 1 aromatic rings. The molecule has 1 rings (SSSR count). The minimum Gasteiger partial charge on any atom is -0.388 e. The number of hydrogen-bond donors (Lipinski definition) is 2. The Balaban J connectivity index is 2.63. The van der Waals surface area contributed by atoms with Gasteiger partial charge >= 0.3 is 0 Å². The first-order valence-corrected chi connectivity index (χ1v) is 5.46. The smallest absolute Gasteiger partial charge is 0.132 e.